The number of rotatable bonds is 6. The van der Waals surface area contributed by atoms with E-state index >= 15 is 0 Å². The molecule has 0 spiro atoms. The molecule has 0 saturated heterocycles. The van der Waals surface area contributed by atoms with E-state index in [4.69, 9.17) is 0 Å². The van der Waals surface area contributed by atoms with Gasteiger partial charge in [0, 0.05) is 33.8 Å². The third-order valence-corrected chi connectivity index (χ3v) is 8.61. The fourth-order valence-electron chi connectivity index (χ4n) is 6.07. The molecule has 0 N–H and O–H groups in total. The molecule has 6 aromatic carbocycles. The molecule has 0 radical (unpaired) electrons. The quantitative estimate of drug-likeness (QED) is 0.165. The van der Waals surface area contributed by atoms with E-state index in [0.717, 1.165) is 68.7 Å². The van der Waals surface area contributed by atoms with Crippen molar-refractivity contribution in [3.8, 4) is 51.2 Å². The van der Waals surface area contributed by atoms with Crippen molar-refractivity contribution < 1.29 is 20.1 Å². The molecule has 270 valence electrons. The van der Waals surface area contributed by atoms with Gasteiger partial charge in [-0.1, -0.05) is 146 Å². The molecular formula is C45H39IrN9+3. The third kappa shape index (κ3) is 8.96. The van der Waals surface area contributed by atoms with Crippen molar-refractivity contribution in [1.29, 1.82) is 0 Å². The van der Waals surface area contributed by atoms with Crippen molar-refractivity contribution >= 4 is 0 Å². The SMILES string of the molecule is Cc1nnc(-c2ccccc2)n1-c1ccccc1.Cc1nnc(-c2ccccc2)n1-c1ccccc1.Cc1nnc(-c2ccccc2)n1-c1ccccc1.[Ir+3]. The van der Waals surface area contributed by atoms with E-state index in [1.165, 1.54) is 0 Å². The van der Waals surface area contributed by atoms with Gasteiger partial charge < -0.3 is 0 Å². The van der Waals surface area contributed by atoms with Crippen LogP contribution in [0.3, 0.4) is 0 Å². The Balaban J connectivity index is 0.000000139. The van der Waals surface area contributed by atoms with E-state index < -0.39 is 0 Å². The van der Waals surface area contributed by atoms with E-state index in [-0.39, 0.29) is 20.1 Å². The van der Waals surface area contributed by atoms with E-state index in [9.17, 15) is 0 Å². The first-order chi connectivity index (χ1) is 26.6. The summed E-state index contributed by atoms with van der Waals surface area (Å²) in [6.07, 6.45) is 0. The summed E-state index contributed by atoms with van der Waals surface area (Å²) in [5.41, 5.74) is 6.46. The average Bonchev–Trinajstić information content (AvgIpc) is 3.96. The number of benzene rings is 6. The van der Waals surface area contributed by atoms with Crippen molar-refractivity contribution in [3.63, 3.8) is 0 Å². The Labute approximate surface area is 334 Å². The van der Waals surface area contributed by atoms with E-state index in [2.05, 4.69) is 80.7 Å². The second-order valence-electron chi connectivity index (χ2n) is 12.3. The zero-order valence-corrected chi connectivity index (χ0v) is 33.1. The Morgan fingerprint density at radius 3 is 0.691 bits per heavy atom. The normalized spacial score (nSPS) is 10.3. The summed E-state index contributed by atoms with van der Waals surface area (Å²) in [5, 5.41) is 25.4. The van der Waals surface area contributed by atoms with Crippen molar-refractivity contribution in [2.24, 2.45) is 0 Å². The van der Waals surface area contributed by atoms with Crippen LogP contribution in [0.1, 0.15) is 17.5 Å². The second kappa shape index (κ2) is 18.4. The van der Waals surface area contributed by atoms with Crippen LogP contribution in [0.25, 0.3) is 51.2 Å². The van der Waals surface area contributed by atoms with Gasteiger partial charge in [0.25, 0.3) is 0 Å². The maximum Gasteiger partial charge on any atom is 3.00 e. The molecular weight excluding hydrogens is 859 g/mol. The average molecular weight is 898 g/mol. The van der Waals surface area contributed by atoms with Crippen LogP contribution in [0.2, 0.25) is 0 Å². The van der Waals surface area contributed by atoms with Gasteiger partial charge in [-0.3, -0.25) is 13.7 Å². The molecule has 0 aliphatic rings. The summed E-state index contributed by atoms with van der Waals surface area (Å²) in [6, 6.07) is 60.8. The molecule has 0 fully saturated rings. The van der Waals surface area contributed by atoms with Crippen LogP contribution < -0.4 is 0 Å². The van der Waals surface area contributed by atoms with Gasteiger partial charge in [-0.25, -0.2) is 0 Å². The topological polar surface area (TPSA) is 92.1 Å². The summed E-state index contributed by atoms with van der Waals surface area (Å²) >= 11 is 0. The van der Waals surface area contributed by atoms with Gasteiger partial charge in [0.2, 0.25) is 0 Å². The van der Waals surface area contributed by atoms with Crippen LogP contribution in [0, 0.1) is 20.8 Å². The van der Waals surface area contributed by atoms with E-state index in [1.807, 2.05) is 166 Å². The number of aromatic nitrogens is 9. The summed E-state index contributed by atoms with van der Waals surface area (Å²) in [7, 11) is 0. The Kier molecular flexibility index (Phi) is 12.8. The number of hydrogen-bond acceptors (Lipinski definition) is 6. The van der Waals surface area contributed by atoms with E-state index in [1.54, 1.807) is 0 Å². The first-order valence-corrected chi connectivity index (χ1v) is 17.7. The van der Waals surface area contributed by atoms with Gasteiger partial charge in [0.15, 0.2) is 17.5 Å². The number of nitrogens with zero attached hydrogens (tertiary/aromatic N) is 9. The largest absolute Gasteiger partial charge is 3.00 e. The van der Waals surface area contributed by atoms with Gasteiger partial charge in [-0.15, -0.1) is 30.6 Å². The standard InChI is InChI=1S/3C15H13N3.Ir/c3*1-12-16-17-15(13-8-4-2-5-9-13)18(12)14-10-6-3-7-11-14;/h3*2-11H,1H3;/q;;;+3. The molecule has 3 aromatic heterocycles. The fourth-order valence-corrected chi connectivity index (χ4v) is 6.07. The Morgan fingerprint density at radius 1 is 0.273 bits per heavy atom. The van der Waals surface area contributed by atoms with Crippen LogP contribution in [-0.2, 0) is 20.1 Å². The van der Waals surface area contributed by atoms with Gasteiger partial charge in [-0.05, 0) is 57.2 Å². The molecule has 55 heavy (non-hydrogen) atoms. The summed E-state index contributed by atoms with van der Waals surface area (Å²) in [6.45, 7) is 5.89. The number of para-hydroxylation sites is 3. The summed E-state index contributed by atoms with van der Waals surface area (Å²) in [5.74, 6) is 5.29. The zero-order chi connectivity index (χ0) is 37.1. The van der Waals surface area contributed by atoms with Crippen molar-refractivity contribution in [1.82, 2.24) is 44.3 Å². The maximum atomic E-state index is 4.28. The van der Waals surface area contributed by atoms with Crippen molar-refractivity contribution in [2.45, 2.75) is 20.8 Å². The van der Waals surface area contributed by atoms with Crippen LogP contribution in [-0.4, -0.2) is 44.3 Å². The molecule has 0 aliphatic heterocycles. The minimum absolute atomic E-state index is 0. The minimum atomic E-state index is 0. The van der Waals surface area contributed by atoms with Gasteiger partial charge in [0.05, 0.1) is 0 Å². The third-order valence-electron chi connectivity index (χ3n) is 8.61. The summed E-state index contributed by atoms with van der Waals surface area (Å²) in [4.78, 5) is 0. The zero-order valence-electron chi connectivity index (χ0n) is 30.7. The first kappa shape index (κ1) is 38.1. The predicted octanol–water partition coefficient (Wildman–Crippen LogP) is 9.73. The van der Waals surface area contributed by atoms with Crippen LogP contribution >= 0.6 is 0 Å². The van der Waals surface area contributed by atoms with Crippen LogP contribution in [0.5, 0.6) is 0 Å². The molecule has 10 heteroatoms. The summed E-state index contributed by atoms with van der Waals surface area (Å²) < 4.78 is 6.19. The predicted molar refractivity (Wildman–Crippen MR) is 215 cm³/mol. The Bertz CT molecular complexity index is 2220. The fraction of sp³-hybridized carbons (Fsp3) is 0.0667. The van der Waals surface area contributed by atoms with Crippen molar-refractivity contribution in [2.75, 3.05) is 0 Å². The molecule has 9 aromatic rings. The molecule has 0 saturated carbocycles. The molecule has 0 aliphatic carbocycles. The molecule has 3 heterocycles. The Hall–Kier alpha value is -6.61. The first-order valence-electron chi connectivity index (χ1n) is 17.7. The molecule has 0 atom stereocenters. The van der Waals surface area contributed by atoms with Crippen molar-refractivity contribution in [3.05, 3.63) is 199 Å². The van der Waals surface area contributed by atoms with E-state index in [0.29, 0.717) is 0 Å². The molecule has 0 unspecified atom stereocenters. The van der Waals surface area contributed by atoms with Gasteiger partial charge >= 0.3 is 20.1 Å². The van der Waals surface area contributed by atoms with Crippen LogP contribution in [0.15, 0.2) is 182 Å². The van der Waals surface area contributed by atoms with Gasteiger partial charge in [-0.2, -0.15) is 0 Å². The number of hydrogen-bond donors (Lipinski definition) is 0. The molecule has 0 bridgehead atoms. The second-order valence-corrected chi connectivity index (χ2v) is 12.3. The molecule has 9 nitrogen and oxygen atoms in total. The molecule has 9 rings (SSSR count). The maximum absolute atomic E-state index is 4.28. The minimum Gasteiger partial charge on any atom is -0.279 e. The molecule has 0 amide bonds. The Morgan fingerprint density at radius 2 is 0.473 bits per heavy atom. The smallest absolute Gasteiger partial charge is 0.279 e. The number of aryl methyl sites for hydroxylation is 3. The monoisotopic (exact) mass is 898 g/mol. The van der Waals surface area contributed by atoms with Gasteiger partial charge in [0.1, 0.15) is 17.5 Å². The van der Waals surface area contributed by atoms with Crippen LogP contribution in [0.4, 0.5) is 0 Å².